The number of β-amino-alcohol motifs (C(OH)–C–C–N with tert-alkyl or cyclic N) is 1. The highest BCUT2D eigenvalue weighted by atomic mass is 16.5. The summed E-state index contributed by atoms with van der Waals surface area (Å²) in [5.41, 5.74) is 3.28. The molecule has 2 aromatic carbocycles. The fraction of sp³-hybridized carbons (Fsp3) is 0.458. The monoisotopic (exact) mass is 411 g/mol. The highest BCUT2D eigenvalue weighted by molar-refractivity contribution is 5.94. The van der Waals surface area contributed by atoms with Gasteiger partial charge in [-0.2, -0.15) is 0 Å². The minimum Gasteiger partial charge on any atom is -0.494 e. The van der Waals surface area contributed by atoms with Gasteiger partial charge in [0, 0.05) is 38.3 Å². The zero-order valence-corrected chi connectivity index (χ0v) is 18.0. The lowest BCUT2D eigenvalue weighted by molar-refractivity contribution is 0.0842. The Bertz CT molecular complexity index is 808. The molecule has 6 heteroatoms. The summed E-state index contributed by atoms with van der Waals surface area (Å²) in [6.45, 7) is 4.19. The molecule has 1 unspecified atom stereocenters. The summed E-state index contributed by atoms with van der Waals surface area (Å²) < 4.78 is 5.70. The molecule has 1 atom stereocenters. The van der Waals surface area contributed by atoms with E-state index in [1.807, 2.05) is 26.2 Å². The maximum atomic E-state index is 12.4. The van der Waals surface area contributed by atoms with E-state index in [2.05, 4.69) is 39.4 Å². The minimum atomic E-state index is -0.599. The molecule has 0 bridgehead atoms. The lowest BCUT2D eigenvalue weighted by Crippen LogP contribution is -2.42. The topological polar surface area (TPSA) is 65.0 Å². The van der Waals surface area contributed by atoms with Crippen LogP contribution in [0.5, 0.6) is 5.75 Å². The number of carbonyl (C=O) groups is 1. The summed E-state index contributed by atoms with van der Waals surface area (Å²) in [6, 6.07) is 15.6. The van der Waals surface area contributed by atoms with Crippen molar-refractivity contribution in [2.75, 3.05) is 46.9 Å². The Morgan fingerprint density at radius 3 is 2.63 bits per heavy atom. The Morgan fingerprint density at radius 2 is 1.90 bits per heavy atom. The van der Waals surface area contributed by atoms with Crippen molar-refractivity contribution in [2.45, 2.75) is 25.5 Å². The molecular formula is C24H33N3O3. The van der Waals surface area contributed by atoms with Crippen molar-refractivity contribution >= 4 is 5.91 Å². The average Bonchev–Trinajstić information content (AvgIpc) is 2.75. The highest BCUT2D eigenvalue weighted by Crippen LogP contribution is 2.18. The zero-order chi connectivity index (χ0) is 21.3. The number of hydrogen-bond acceptors (Lipinski definition) is 5. The third-order valence-electron chi connectivity index (χ3n) is 5.31. The third-order valence-corrected chi connectivity index (χ3v) is 5.31. The molecule has 0 fully saturated rings. The molecule has 0 spiro atoms. The number of fused-ring (bicyclic) bond motifs is 1. The van der Waals surface area contributed by atoms with Crippen molar-refractivity contribution in [3.8, 4) is 5.75 Å². The molecule has 2 N–H and O–H groups in total. The van der Waals surface area contributed by atoms with Gasteiger partial charge in [0.05, 0.1) is 12.7 Å². The predicted molar refractivity (Wildman–Crippen MR) is 119 cm³/mol. The van der Waals surface area contributed by atoms with E-state index in [0.29, 0.717) is 18.7 Å². The first-order valence-corrected chi connectivity index (χ1v) is 10.6. The normalized spacial score (nSPS) is 14.9. The van der Waals surface area contributed by atoms with Crippen LogP contribution in [0.1, 0.15) is 27.9 Å². The van der Waals surface area contributed by atoms with Crippen molar-refractivity contribution < 1.29 is 14.6 Å². The number of carbonyl (C=O) groups excluding carboxylic acids is 1. The van der Waals surface area contributed by atoms with Gasteiger partial charge in [-0.3, -0.25) is 9.69 Å². The number of amides is 1. The number of aliphatic hydroxyl groups excluding tert-OH is 1. The van der Waals surface area contributed by atoms with Crippen LogP contribution in [0.3, 0.4) is 0 Å². The summed E-state index contributed by atoms with van der Waals surface area (Å²) in [5, 5.41) is 13.2. The van der Waals surface area contributed by atoms with E-state index in [0.717, 1.165) is 38.2 Å². The van der Waals surface area contributed by atoms with Crippen molar-refractivity contribution in [1.82, 2.24) is 15.1 Å². The number of ether oxygens (including phenoxy) is 1. The van der Waals surface area contributed by atoms with Gasteiger partial charge in [0.2, 0.25) is 0 Å². The molecule has 2 aromatic rings. The Morgan fingerprint density at radius 1 is 1.17 bits per heavy atom. The van der Waals surface area contributed by atoms with Gasteiger partial charge in [-0.15, -0.1) is 0 Å². The summed E-state index contributed by atoms with van der Waals surface area (Å²) >= 11 is 0. The number of nitrogens with zero attached hydrogens (tertiary/aromatic N) is 2. The molecule has 0 saturated heterocycles. The lowest BCUT2D eigenvalue weighted by atomic mass is 10.00. The van der Waals surface area contributed by atoms with Crippen LogP contribution in [0.2, 0.25) is 0 Å². The van der Waals surface area contributed by atoms with Crippen molar-refractivity contribution in [3.63, 3.8) is 0 Å². The van der Waals surface area contributed by atoms with E-state index in [-0.39, 0.29) is 12.5 Å². The zero-order valence-electron chi connectivity index (χ0n) is 18.0. The van der Waals surface area contributed by atoms with Crippen LogP contribution in [0.4, 0.5) is 0 Å². The molecule has 1 aliphatic rings. The molecule has 1 aliphatic heterocycles. The lowest BCUT2D eigenvalue weighted by Gasteiger charge is -2.30. The van der Waals surface area contributed by atoms with Gasteiger partial charge in [-0.25, -0.2) is 0 Å². The van der Waals surface area contributed by atoms with Gasteiger partial charge >= 0.3 is 0 Å². The van der Waals surface area contributed by atoms with Gasteiger partial charge in [0.25, 0.3) is 5.91 Å². The van der Waals surface area contributed by atoms with Crippen LogP contribution in [-0.2, 0) is 13.0 Å². The molecular weight excluding hydrogens is 378 g/mol. The number of hydrogen-bond donors (Lipinski definition) is 2. The van der Waals surface area contributed by atoms with Gasteiger partial charge in [0.1, 0.15) is 5.75 Å². The maximum Gasteiger partial charge on any atom is 0.251 e. The molecule has 1 heterocycles. The Kier molecular flexibility index (Phi) is 8.25. The summed E-state index contributed by atoms with van der Waals surface area (Å²) in [4.78, 5) is 16.7. The fourth-order valence-corrected chi connectivity index (χ4v) is 3.66. The number of nitrogens with one attached hydrogen (secondary N) is 1. The SMILES string of the molecule is CN(C)CCCOc1ccc(C(=O)NCC(O)CN2CCc3ccccc3C2)cc1. The fourth-order valence-electron chi connectivity index (χ4n) is 3.66. The molecule has 162 valence electrons. The summed E-state index contributed by atoms with van der Waals surface area (Å²) in [6.07, 6.45) is 1.35. The Hall–Kier alpha value is -2.41. The van der Waals surface area contributed by atoms with Gasteiger partial charge in [0.15, 0.2) is 0 Å². The average molecular weight is 412 g/mol. The molecule has 6 nitrogen and oxygen atoms in total. The van der Waals surface area contributed by atoms with Crippen molar-refractivity contribution in [1.29, 1.82) is 0 Å². The molecule has 0 aromatic heterocycles. The molecule has 3 rings (SSSR count). The van der Waals surface area contributed by atoms with Crippen LogP contribution in [0.25, 0.3) is 0 Å². The van der Waals surface area contributed by atoms with Gasteiger partial charge in [-0.1, -0.05) is 24.3 Å². The predicted octanol–water partition coefficient (Wildman–Crippen LogP) is 2.17. The second kappa shape index (κ2) is 11.1. The molecule has 0 aliphatic carbocycles. The van der Waals surface area contributed by atoms with Crippen LogP contribution < -0.4 is 10.1 Å². The third kappa shape index (κ3) is 6.83. The van der Waals surface area contributed by atoms with Crippen molar-refractivity contribution in [2.24, 2.45) is 0 Å². The second-order valence-electron chi connectivity index (χ2n) is 8.15. The molecule has 30 heavy (non-hydrogen) atoms. The second-order valence-corrected chi connectivity index (χ2v) is 8.15. The smallest absolute Gasteiger partial charge is 0.251 e. The largest absolute Gasteiger partial charge is 0.494 e. The van der Waals surface area contributed by atoms with Crippen LogP contribution in [0.15, 0.2) is 48.5 Å². The first-order chi connectivity index (χ1) is 14.5. The van der Waals surface area contributed by atoms with Crippen molar-refractivity contribution in [3.05, 3.63) is 65.2 Å². The number of rotatable bonds is 10. The van der Waals surface area contributed by atoms with E-state index in [1.54, 1.807) is 12.1 Å². The first-order valence-electron chi connectivity index (χ1n) is 10.6. The van der Waals surface area contributed by atoms with E-state index < -0.39 is 6.10 Å². The Balaban J connectivity index is 1.38. The first kappa shape index (κ1) is 22.3. The van der Waals surface area contributed by atoms with Crippen LogP contribution in [0, 0.1) is 0 Å². The number of benzene rings is 2. The van der Waals surface area contributed by atoms with E-state index in [1.165, 1.54) is 11.1 Å². The molecule has 1 amide bonds. The quantitative estimate of drug-likeness (QED) is 0.587. The molecule has 0 radical (unpaired) electrons. The van der Waals surface area contributed by atoms with Crippen LogP contribution >= 0.6 is 0 Å². The highest BCUT2D eigenvalue weighted by Gasteiger charge is 2.19. The summed E-state index contributed by atoms with van der Waals surface area (Å²) in [5.74, 6) is 0.577. The van der Waals surface area contributed by atoms with E-state index >= 15 is 0 Å². The maximum absolute atomic E-state index is 12.4. The van der Waals surface area contributed by atoms with E-state index in [9.17, 15) is 9.90 Å². The molecule has 0 saturated carbocycles. The standard InChI is InChI=1S/C24H33N3O3/c1-26(2)13-5-15-30-23-10-8-20(9-11-23)24(29)25-16-22(28)18-27-14-12-19-6-3-4-7-21(19)17-27/h3-4,6-11,22,28H,5,12-18H2,1-2H3,(H,25,29). The van der Waals surface area contributed by atoms with E-state index in [4.69, 9.17) is 4.74 Å². The summed E-state index contributed by atoms with van der Waals surface area (Å²) in [7, 11) is 4.08. The van der Waals surface area contributed by atoms with Gasteiger partial charge < -0.3 is 20.1 Å². The van der Waals surface area contributed by atoms with Gasteiger partial charge in [-0.05, 0) is 62.3 Å². The van der Waals surface area contributed by atoms with Crippen LogP contribution in [-0.4, -0.2) is 73.8 Å². The minimum absolute atomic E-state index is 0.183. The Labute approximate surface area is 179 Å². The number of aliphatic hydroxyl groups is 1.